The highest BCUT2D eigenvalue weighted by atomic mass is 35.5. The van der Waals surface area contributed by atoms with Crippen LogP contribution in [0.15, 0.2) is 35.9 Å². The van der Waals surface area contributed by atoms with E-state index in [1.807, 2.05) is 0 Å². The van der Waals surface area contributed by atoms with E-state index in [4.69, 9.17) is 16.3 Å². The first kappa shape index (κ1) is 21.0. The Morgan fingerprint density at radius 3 is 2.85 bits per heavy atom. The minimum Gasteiger partial charge on any atom is -0.448 e. The smallest absolute Gasteiger partial charge is 0.426 e. The lowest BCUT2D eigenvalue weighted by atomic mass is 9.82. The molecular weight excluding hydrogens is 371 g/mol. The van der Waals surface area contributed by atoms with E-state index in [1.165, 1.54) is 29.9 Å². The molecule has 2 N–H and O–H groups in total. The van der Waals surface area contributed by atoms with Crippen molar-refractivity contribution in [2.45, 2.75) is 33.1 Å². The summed E-state index contributed by atoms with van der Waals surface area (Å²) in [4.78, 5) is 23.4. The molecule has 5 nitrogen and oxygen atoms in total. The Morgan fingerprint density at radius 1 is 1.41 bits per heavy atom. The number of carbonyl (C=O) groups excluding carboxylic acids is 2. The molecule has 146 valence electrons. The molecule has 0 fully saturated rings. The second-order valence-electron chi connectivity index (χ2n) is 6.77. The number of carbonyl (C=O) groups is 2. The van der Waals surface area contributed by atoms with Crippen molar-refractivity contribution < 1.29 is 18.7 Å². The predicted octanol–water partition coefficient (Wildman–Crippen LogP) is 4.63. The minimum absolute atomic E-state index is 0.188. The molecule has 1 aromatic rings. The third kappa shape index (κ3) is 7.06. The maximum absolute atomic E-state index is 13.0. The summed E-state index contributed by atoms with van der Waals surface area (Å²) in [6.45, 7) is 4.48. The molecule has 1 aliphatic carbocycles. The summed E-state index contributed by atoms with van der Waals surface area (Å²) >= 11 is 5.87. The van der Waals surface area contributed by atoms with E-state index in [2.05, 4.69) is 30.8 Å². The number of allylic oxidation sites excluding steroid dienone is 2. The molecule has 0 saturated carbocycles. The zero-order valence-corrected chi connectivity index (χ0v) is 16.2. The quantitative estimate of drug-likeness (QED) is 0.434. The van der Waals surface area contributed by atoms with Gasteiger partial charge in [-0.25, -0.2) is 14.6 Å². The molecule has 0 radical (unpaired) electrons. The van der Waals surface area contributed by atoms with Crippen LogP contribution >= 0.6 is 11.6 Å². The van der Waals surface area contributed by atoms with Crippen molar-refractivity contribution in [1.82, 2.24) is 10.9 Å². The maximum atomic E-state index is 13.0. The van der Waals surface area contributed by atoms with Gasteiger partial charge >= 0.3 is 6.09 Å². The highest BCUT2D eigenvalue weighted by molar-refractivity contribution is 6.32. The van der Waals surface area contributed by atoms with Gasteiger partial charge in [-0.2, -0.15) is 0 Å². The number of halogens is 2. The Morgan fingerprint density at radius 2 is 2.19 bits per heavy atom. The fourth-order valence-electron chi connectivity index (χ4n) is 2.84. The zero-order chi connectivity index (χ0) is 19.8. The first-order valence-electron chi connectivity index (χ1n) is 8.86. The summed E-state index contributed by atoms with van der Waals surface area (Å²) in [7, 11) is 0. The molecule has 0 heterocycles. The fraction of sp³-hybridized carbons (Fsp3) is 0.400. The first-order valence-corrected chi connectivity index (χ1v) is 9.24. The van der Waals surface area contributed by atoms with Gasteiger partial charge in [0.05, 0.1) is 11.6 Å². The Labute approximate surface area is 163 Å². The molecule has 0 aromatic heterocycles. The van der Waals surface area contributed by atoms with Crippen LogP contribution < -0.4 is 10.9 Å². The molecule has 0 aliphatic heterocycles. The van der Waals surface area contributed by atoms with E-state index in [9.17, 15) is 14.0 Å². The molecule has 27 heavy (non-hydrogen) atoms. The van der Waals surface area contributed by atoms with E-state index in [-0.39, 0.29) is 10.9 Å². The maximum Gasteiger partial charge on any atom is 0.426 e. The first-order chi connectivity index (χ1) is 12.8. The predicted molar refractivity (Wildman–Crippen MR) is 103 cm³/mol. The average Bonchev–Trinajstić information content (AvgIpc) is 2.64. The van der Waals surface area contributed by atoms with Gasteiger partial charge in [0.1, 0.15) is 5.82 Å². The highest BCUT2D eigenvalue weighted by Gasteiger charge is 2.20. The molecule has 0 saturated heterocycles. The van der Waals surface area contributed by atoms with Crippen LogP contribution in [0.4, 0.5) is 9.18 Å². The second-order valence-corrected chi connectivity index (χ2v) is 7.18. The van der Waals surface area contributed by atoms with Crippen molar-refractivity contribution in [1.29, 1.82) is 0 Å². The van der Waals surface area contributed by atoms with Gasteiger partial charge in [-0.15, -0.1) is 0 Å². The summed E-state index contributed by atoms with van der Waals surface area (Å²) in [6.07, 6.45) is 7.31. The largest absolute Gasteiger partial charge is 0.448 e. The molecule has 2 amide bonds. The molecular formula is C20H24ClFN2O3. The van der Waals surface area contributed by atoms with Crippen LogP contribution in [0.2, 0.25) is 5.02 Å². The summed E-state index contributed by atoms with van der Waals surface area (Å²) in [5.41, 5.74) is 6.31. The second kappa shape index (κ2) is 10.1. The number of amides is 2. The lowest BCUT2D eigenvalue weighted by Crippen LogP contribution is -2.41. The van der Waals surface area contributed by atoms with Crippen LogP contribution in [0.25, 0.3) is 6.08 Å². The fourth-order valence-corrected chi connectivity index (χ4v) is 3.07. The Balaban J connectivity index is 1.70. The topological polar surface area (TPSA) is 67.4 Å². The van der Waals surface area contributed by atoms with Gasteiger partial charge in [0, 0.05) is 6.08 Å². The van der Waals surface area contributed by atoms with Crippen LogP contribution in [0, 0.1) is 17.7 Å². The van der Waals surface area contributed by atoms with E-state index in [0.717, 1.165) is 25.3 Å². The number of hydrazine groups is 1. The Bertz CT molecular complexity index is 749. The van der Waals surface area contributed by atoms with Gasteiger partial charge < -0.3 is 4.74 Å². The van der Waals surface area contributed by atoms with Crippen molar-refractivity contribution >= 4 is 29.7 Å². The molecule has 1 aliphatic rings. The molecule has 2 unspecified atom stereocenters. The van der Waals surface area contributed by atoms with Gasteiger partial charge in [0.25, 0.3) is 5.91 Å². The molecule has 2 atom stereocenters. The Hall–Kier alpha value is -2.34. The van der Waals surface area contributed by atoms with Gasteiger partial charge in [-0.1, -0.05) is 36.2 Å². The van der Waals surface area contributed by atoms with Gasteiger partial charge in [-0.05, 0) is 61.8 Å². The third-order valence-electron chi connectivity index (χ3n) is 4.63. The molecule has 7 heteroatoms. The summed E-state index contributed by atoms with van der Waals surface area (Å²) in [5, 5.41) is 0.188. The van der Waals surface area contributed by atoms with Crippen molar-refractivity contribution in [3.8, 4) is 0 Å². The number of nitrogens with one attached hydrogen (secondary N) is 2. The van der Waals surface area contributed by atoms with Crippen LogP contribution in [0.3, 0.4) is 0 Å². The minimum atomic E-state index is -0.717. The number of hydrogen-bond donors (Lipinski definition) is 2. The average molecular weight is 395 g/mol. The van der Waals surface area contributed by atoms with E-state index < -0.39 is 17.8 Å². The summed E-state index contributed by atoms with van der Waals surface area (Å²) in [5.74, 6) is -0.274. The van der Waals surface area contributed by atoms with Crippen LogP contribution in [0.5, 0.6) is 0 Å². The molecule has 0 spiro atoms. The summed E-state index contributed by atoms with van der Waals surface area (Å²) < 4.78 is 18.1. The van der Waals surface area contributed by atoms with Crippen molar-refractivity contribution in [2.24, 2.45) is 11.8 Å². The van der Waals surface area contributed by atoms with Crippen molar-refractivity contribution in [3.63, 3.8) is 0 Å². The lowest BCUT2D eigenvalue weighted by molar-refractivity contribution is -0.117. The van der Waals surface area contributed by atoms with E-state index >= 15 is 0 Å². The molecule has 1 aromatic carbocycles. The standard InChI is InChI=1S/C20H24ClFN2O3/c1-13-3-5-15(6-4-13)14(2)12-27-20(26)24-23-19(25)10-8-16-7-9-17(22)11-18(16)21/h3,7-11,14-15H,4-6,12H2,1-2H3,(H,23,25)(H,24,26). The lowest BCUT2D eigenvalue weighted by Gasteiger charge is -2.26. The summed E-state index contributed by atoms with van der Waals surface area (Å²) in [6, 6.07) is 3.84. The number of hydrogen-bond acceptors (Lipinski definition) is 3. The monoisotopic (exact) mass is 394 g/mol. The number of benzene rings is 1. The Kier molecular flexibility index (Phi) is 7.85. The SMILES string of the molecule is CC1=CCC(C(C)COC(=O)NNC(=O)C=Cc2ccc(F)cc2Cl)CC1. The van der Waals surface area contributed by atoms with E-state index in [1.54, 1.807) is 0 Å². The van der Waals surface area contributed by atoms with Gasteiger partial charge in [-0.3, -0.25) is 10.2 Å². The van der Waals surface area contributed by atoms with Crippen molar-refractivity contribution in [3.05, 3.63) is 52.3 Å². The number of rotatable bonds is 5. The van der Waals surface area contributed by atoms with Crippen LogP contribution in [0.1, 0.15) is 38.7 Å². The third-order valence-corrected chi connectivity index (χ3v) is 4.95. The van der Waals surface area contributed by atoms with Gasteiger partial charge in [0.15, 0.2) is 0 Å². The molecule has 2 rings (SSSR count). The normalized spacial score (nSPS) is 17.9. The highest BCUT2D eigenvalue weighted by Crippen LogP contribution is 2.29. The zero-order valence-electron chi connectivity index (χ0n) is 15.4. The van der Waals surface area contributed by atoms with Gasteiger partial charge in [0.2, 0.25) is 0 Å². The van der Waals surface area contributed by atoms with Crippen LogP contribution in [-0.4, -0.2) is 18.6 Å². The number of ether oxygens (including phenoxy) is 1. The molecule has 0 bridgehead atoms. The van der Waals surface area contributed by atoms with Crippen molar-refractivity contribution in [2.75, 3.05) is 6.61 Å². The van der Waals surface area contributed by atoms with E-state index in [0.29, 0.717) is 18.1 Å². The van der Waals surface area contributed by atoms with Crippen LogP contribution in [-0.2, 0) is 9.53 Å².